The zero-order valence-electron chi connectivity index (χ0n) is 15.6. The van der Waals surface area contributed by atoms with Crippen molar-refractivity contribution in [2.45, 2.75) is 5.75 Å². The number of furan rings is 1. The van der Waals surface area contributed by atoms with E-state index in [1.807, 2.05) is 0 Å². The van der Waals surface area contributed by atoms with Crippen LogP contribution in [0.2, 0.25) is 5.02 Å². The Kier molecular flexibility index (Phi) is 5.62. The van der Waals surface area contributed by atoms with Crippen molar-refractivity contribution in [2.24, 2.45) is 0 Å². The standard InChI is InChI=1S/C21H12ClFN2O5S/c22-16-10-14(7-8-17(16)23)24-20(26)18(12-3-5-13(6-4-12)25(28)29)19(21(24)27)31-11-15-2-1-9-30-15/h1-10H,11H2. The molecule has 0 atom stereocenters. The lowest BCUT2D eigenvalue weighted by atomic mass is 10.1. The average molecular weight is 459 g/mol. The van der Waals surface area contributed by atoms with Gasteiger partial charge in [0.15, 0.2) is 0 Å². The van der Waals surface area contributed by atoms with E-state index in [2.05, 4.69) is 0 Å². The van der Waals surface area contributed by atoms with Crippen LogP contribution < -0.4 is 4.90 Å². The molecule has 4 rings (SSSR count). The number of hydrogen-bond acceptors (Lipinski definition) is 6. The van der Waals surface area contributed by atoms with Gasteiger partial charge in [0.25, 0.3) is 17.5 Å². The molecule has 2 heterocycles. The monoisotopic (exact) mass is 458 g/mol. The minimum atomic E-state index is -0.680. The molecule has 0 fully saturated rings. The van der Waals surface area contributed by atoms with Crippen LogP contribution in [0.25, 0.3) is 5.57 Å². The number of non-ortho nitro benzene ring substituents is 1. The molecule has 31 heavy (non-hydrogen) atoms. The van der Waals surface area contributed by atoms with E-state index < -0.39 is 22.6 Å². The Hall–Kier alpha value is -3.43. The van der Waals surface area contributed by atoms with Crippen LogP contribution in [0.3, 0.4) is 0 Å². The number of carbonyl (C=O) groups excluding carboxylic acids is 2. The predicted octanol–water partition coefficient (Wildman–Crippen LogP) is 5.20. The van der Waals surface area contributed by atoms with Gasteiger partial charge in [0.2, 0.25) is 0 Å². The SMILES string of the molecule is O=C1C(SCc2ccco2)=C(c2ccc([N+](=O)[O-])cc2)C(=O)N1c1ccc(F)c(Cl)c1. The van der Waals surface area contributed by atoms with Gasteiger partial charge in [0.05, 0.1) is 38.1 Å². The maximum absolute atomic E-state index is 13.6. The lowest BCUT2D eigenvalue weighted by Gasteiger charge is -2.15. The molecule has 0 aliphatic carbocycles. The van der Waals surface area contributed by atoms with Crippen LogP contribution in [-0.2, 0) is 15.3 Å². The second kappa shape index (κ2) is 8.37. The van der Waals surface area contributed by atoms with Crippen molar-refractivity contribution < 1.29 is 23.3 Å². The van der Waals surface area contributed by atoms with E-state index in [-0.39, 0.29) is 32.6 Å². The molecule has 0 saturated carbocycles. The summed E-state index contributed by atoms with van der Waals surface area (Å²) < 4.78 is 18.9. The van der Waals surface area contributed by atoms with Gasteiger partial charge in [0.1, 0.15) is 11.6 Å². The third kappa shape index (κ3) is 3.97. The minimum absolute atomic E-state index is 0.0944. The van der Waals surface area contributed by atoms with Crippen molar-refractivity contribution in [2.75, 3.05) is 4.90 Å². The third-order valence-electron chi connectivity index (χ3n) is 4.51. The summed E-state index contributed by atoms with van der Waals surface area (Å²) in [6, 6.07) is 12.3. The first-order valence-corrected chi connectivity index (χ1v) is 10.2. The van der Waals surface area contributed by atoms with E-state index in [1.54, 1.807) is 12.1 Å². The summed E-state index contributed by atoms with van der Waals surface area (Å²) >= 11 is 6.94. The summed E-state index contributed by atoms with van der Waals surface area (Å²) in [5.41, 5.74) is 0.418. The normalized spacial score (nSPS) is 13.9. The predicted molar refractivity (Wildman–Crippen MR) is 114 cm³/mol. The highest BCUT2D eigenvalue weighted by molar-refractivity contribution is 8.03. The summed E-state index contributed by atoms with van der Waals surface area (Å²) in [6.07, 6.45) is 1.50. The Morgan fingerprint density at radius 2 is 1.84 bits per heavy atom. The van der Waals surface area contributed by atoms with Crippen molar-refractivity contribution >= 4 is 52.1 Å². The first-order chi connectivity index (χ1) is 14.9. The van der Waals surface area contributed by atoms with Crippen molar-refractivity contribution in [3.05, 3.63) is 98.0 Å². The molecule has 1 aliphatic rings. The number of nitrogens with zero attached hydrogens (tertiary/aromatic N) is 2. The number of imide groups is 1. The highest BCUT2D eigenvalue weighted by Gasteiger charge is 2.40. The quantitative estimate of drug-likeness (QED) is 0.286. The van der Waals surface area contributed by atoms with E-state index >= 15 is 0 Å². The van der Waals surface area contributed by atoms with Gasteiger partial charge >= 0.3 is 0 Å². The molecule has 0 unspecified atom stereocenters. The number of carbonyl (C=O) groups is 2. The van der Waals surface area contributed by atoms with Crippen LogP contribution in [0.1, 0.15) is 11.3 Å². The van der Waals surface area contributed by atoms with E-state index in [4.69, 9.17) is 16.0 Å². The van der Waals surface area contributed by atoms with Crippen LogP contribution in [0, 0.1) is 15.9 Å². The van der Waals surface area contributed by atoms with Gasteiger partial charge in [-0.2, -0.15) is 0 Å². The van der Waals surface area contributed by atoms with Crippen molar-refractivity contribution in [1.82, 2.24) is 0 Å². The van der Waals surface area contributed by atoms with Gasteiger partial charge in [0, 0.05) is 12.1 Å². The molecular weight excluding hydrogens is 447 g/mol. The highest BCUT2D eigenvalue weighted by Crippen LogP contribution is 2.40. The second-order valence-electron chi connectivity index (χ2n) is 6.42. The Morgan fingerprint density at radius 3 is 2.45 bits per heavy atom. The number of nitro groups is 1. The lowest BCUT2D eigenvalue weighted by Crippen LogP contribution is -2.31. The van der Waals surface area contributed by atoms with Gasteiger partial charge in [-0.05, 0) is 48.0 Å². The number of amides is 2. The lowest BCUT2D eigenvalue weighted by molar-refractivity contribution is -0.384. The van der Waals surface area contributed by atoms with Gasteiger partial charge in [-0.1, -0.05) is 11.6 Å². The molecule has 0 saturated heterocycles. The molecule has 0 spiro atoms. The van der Waals surface area contributed by atoms with Crippen molar-refractivity contribution in [1.29, 1.82) is 0 Å². The number of thioether (sulfide) groups is 1. The largest absolute Gasteiger partial charge is 0.468 e. The molecule has 3 aromatic rings. The molecule has 0 N–H and O–H groups in total. The first kappa shape index (κ1) is 20.8. The smallest absolute Gasteiger partial charge is 0.272 e. The van der Waals surface area contributed by atoms with E-state index in [0.29, 0.717) is 11.3 Å². The van der Waals surface area contributed by atoms with Crippen molar-refractivity contribution in [3.8, 4) is 0 Å². The fourth-order valence-corrected chi connectivity index (χ4v) is 4.23. The fraction of sp³-hybridized carbons (Fsp3) is 0.0476. The molecule has 0 bridgehead atoms. The van der Waals surface area contributed by atoms with E-state index in [9.17, 15) is 24.1 Å². The highest BCUT2D eigenvalue weighted by atomic mass is 35.5. The number of rotatable bonds is 6. The first-order valence-electron chi connectivity index (χ1n) is 8.85. The Labute approximate surface area is 184 Å². The van der Waals surface area contributed by atoms with Gasteiger partial charge in [-0.3, -0.25) is 19.7 Å². The van der Waals surface area contributed by atoms with Crippen LogP contribution in [0.5, 0.6) is 0 Å². The molecule has 156 valence electrons. The topological polar surface area (TPSA) is 93.7 Å². The minimum Gasteiger partial charge on any atom is -0.468 e. The maximum atomic E-state index is 13.6. The number of nitro benzene ring substituents is 1. The van der Waals surface area contributed by atoms with Crippen LogP contribution in [0.4, 0.5) is 15.8 Å². The second-order valence-corrected chi connectivity index (χ2v) is 7.81. The van der Waals surface area contributed by atoms with Crippen LogP contribution >= 0.6 is 23.4 Å². The average Bonchev–Trinajstić information content (AvgIpc) is 3.35. The molecule has 2 aromatic carbocycles. The molecule has 1 aliphatic heterocycles. The number of halogens is 2. The molecule has 2 amide bonds. The van der Waals surface area contributed by atoms with Gasteiger partial charge < -0.3 is 4.42 Å². The van der Waals surface area contributed by atoms with Crippen molar-refractivity contribution in [3.63, 3.8) is 0 Å². The van der Waals surface area contributed by atoms with E-state index in [1.165, 1.54) is 42.7 Å². The number of anilines is 1. The summed E-state index contributed by atoms with van der Waals surface area (Å²) in [7, 11) is 0. The van der Waals surface area contributed by atoms with E-state index in [0.717, 1.165) is 22.7 Å². The Bertz CT molecular complexity index is 1230. The number of benzene rings is 2. The molecule has 0 radical (unpaired) electrons. The zero-order valence-corrected chi connectivity index (χ0v) is 17.2. The fourth-order valence-electron chi connectivity index (χ4n) is 3.04. The van der Waals surface area contributed by atoms with Crippen LogP contribution in [0.15, 0.2) is 70.2 Å². The van der Waals surface area contributed by atoms with Gasteiger partial charge in [-0.15, -0.1) is 11.8 Å². The molecule has 7 nitrogen and oxygen atoms in total. The molecular formula is C21H12ClFN2O5S. The maximum Gasteiger partial charge on any atom is 0.272 e. The summed E-state index contributed by atoms with van der Waals surface area (Å²) in [5.74, 6) is -1.03. The summed E-state index contributed by atoms with van der Waals surface area (Å²) in [6.45, 7) is 0. The summed E-state index contributed by atoms with van der Waals surface area (Å²) in [4.78, 5) is 37.9. The zero-order chi connectivity index (χ0) is 22.1. The van der Waals surface area contributed by atoms with Crippen LogP contribution in [-0.4, -0.2) is 16.7 Å². The number of hydrogen-bond donors (Lipinski definition) is 0. The summed E-state index contributed by atoms with van der Waals surface area (Å²) in [5, 5.41) is 10.7. The molecule has 1 aromatic heterocycles. The Balaban J connectivity index is 1.76. The third-order valence-corrected chi connectivity index (χ3v) is 5.89. The van der Waals surface area contributed by atoms with Gasteiger partial charge in [-0.25, -0.2) is 9.29 Å². The Morgan fingerprint density at radius 1 is 1.10 bits per heavy atom. The molecule has 10 heteroatoms.